The highest BCUT2D eigenvalue weighted by atomic mass is 35.5. The maximum atomic E-state index is 13.5. The monoisotopic (exact) mass is 665 g/mol. The highest BCUT2D eigenvalue weighted by Crippen LogP contribution is 2.38. The van der Waals surface area contributed by atoms with Gasteiger partial charge in [-0.05, 0) is 60.2 Å². The van der Waals surface area contributed by atoms with Crippen LogP contribution in [0.2, 0.25) is 10.0 Å². The Labute approximate surface area is 262 Å². The molecule has 0 radical (unpaired) electrons. The molecular formula is C30H27Cl2F2N3O6S. The Balaban J connectivity index is 1.44. The largest absolute Gasteiger partial charge is 0.489 e. The fourth-order valence-corrected chi connectivity index (χ4v) is 5.97. The molecule has 1 atom stereocenters. The van der Waals surface area contributed by atoms with E-state index in [1.54, 1.807) is 25.2 Å². The number of nitrogens with zero attached hydrogens (tertiary/aromatic N) is 2. The molecule has 4 aromatic rings. The number of alkyl halides is 2. The van der Waals surface area contributed by atoms with E-state index in [9.17, 15) is 22.0 Å². The summed E-state index contributed by atoms with van der Waals surface area (Å²) in [5, 5.41) is 0.468. The molecule has 1 aliphatic carbocycles. The lowest BCUT2D eigenvalue weighted by Crippen LogP contribution is -2.17. The molecule has 0 unspecified atom stereocenters. The van der Waals surface area contributed by atoms with Gasteiger partial charge >= 0.3 is 12.6 Å². The van der Waals surface area contributed by atoms with Crippen LogP contribution in [-0.4, -0.2) is 37.2 Å². The van der Waals surface area contributed by atoms with Crippen LogP contribution in [0.3, 0.4) is 0 Å². The van der Waals surface area contributed by atoms with E-state index >= 15 is 0 Å². The van der Waals surface area contributed by atoms with Gasteiger partial charge in [0.2, 0.25) is 0 Å². The van der Waals surface area contributed by atoms with Crippen molar-refractivity contribution in [3.8, 4) is 11.5 Å². The minimum absolute atomic E-state index is 0.000952. The number of hydrogen-bond donors (Lipinski definition) is 1. The number of aromatic nitrogens is 2. The number of nitrogens with one attached hydrogen (secondary N) is 1. The Bertz CT molecular complexity index is 1730. The van der Waals surface area contributed by atoms with Crippen LogP contribution < -0.4 is 14.2 Å². The van der Waals surface area contributed by atoms with Crippen molar-refractivity contribution >= 4 is 44.9 Å². The van der Waals surface area contributed by atoms with Gasteiger partial charge in [0.15, 0.2) is 11.5 Å². The number of anilines is 1. The number of esters is 1. The van der Waals surface area contributed by atoms with Crippen molar-refractivity contribution < 1.29 is 36.2 Å². The Morgan fingerprint density at radius 1 is 1.07 bits per heavy atom. The number of carbonyl (C=O) groups is 1. The topological polar surface area (TPSA) is 109 Å². The number of hydrogen-bond acceptors (Lipinski definition) is 7. The number of halogens is 4. The van der Waals surface area contributed by atoms with E-state index < -0.39 is 28.7 Å². The first-order valence-electron chi connectivity index (χ1n) is 13.4. The van der Waals surface area contributed by atoms with E-state index in [1.165, 1.54) is 59.6 Å². The molecule has 232 valence electrons. The van der Waals surface area contributed by atoms with E-state index in [0.29, 0.717) is 23.7 Å². The molecule has 1 aliphatic rings. The third-order valence-electron chi connectivity index (χ3n) is 6.84. The van der Waals surface area contributed by atoms with Crippen LogP contribution in [0.25, 0.3) is 0 Å². The van der Waals surface area contributed by atoms with Crippen LogP contribution in [0.15, 0.2) is 78.1 Å². The van der Waals surface area contributed by atoms with E-state index in [0.717, 1.165) is 12.8 Å². The summed E-state index contributed by atoms with van der Waals surface area (Å²) in [6.45, 7) is -2.75. The summed E-state index contributed by atoms with van der Waals surface area (Å²) in [5.74, 6) is -0.560. The molecule has 14 heteroatoms. The normalized spacial score (nSPS) is 13.9. The van der Waals surface area contributed by atoms with Crippen molar-refractivity contribution in [1.29, 1.82) is 0 Å². The maximum Gasteiger partial charge on any atom is 0.387 e. The fraction of sp³-hybridized carbons (Fsp3) is 0.267. The smallest absolute Gasteiger partial charge is 0.387 e. The predicted octanol–water partition coefficient (Wildman–Crippen LogP) is 7.06. The summed E-state index contributed by atoms with van der Waals surface area (Å²) in [5.41, 5.74) is 1.02. The quantitative estimate of drug-likeness (QED) is 0.152. The zero-order valence-corrected chi connectivity index (χ0v) is 25.6. The Morgan fingerprint density at radius 2 is 1.77 bits per heavy atom. The second-order valence-electron chi connectivity index (χ2n) is 10.2. The first-order valence-corrected chi connectivity index (χ1v) is 15.7. The molecule has 0 bridgehead atoms. The minimum atomic E-state index is -3.91. The fourth-order valence-electron chi connectivity index (χ4n) is 4.40. The highest BCUT2D eigenvalue weighted by Gasteiger charge is 2.27. The van der Waals surface area contributed by atoms with Gasteiger partial charge < -0.3 is 18.8 Å². The SMILES string of the molecule is Cn1cc(NS(=O)(=O)c2ccccc2)cc1C(=O)O[C@@H](Cc1c(Cl)cncc1Cl)c1ccc(OC(F)F)c(OCC2CC2)c1. The lowest BCUT2D eigenvalue weighted by Gasteiger charge is -2.21. The molecule has 5 rings (SSSR count). The number of sulfonamides is 1. The lowest BCUT2D eigenvalue weighted by molar-refractivity contribution is -0.0515. The second-order valence-corrected chi connectivity index (χ2v) is 12.7. The van der Waals surface area contributed by atoms with E-state index in [4.69, 9.17) is 32.7 Å². The van der Waals surface area contributed by atoms with Gasteiger partial charge in [-0.2, -0.15) is 8.78 Å². The summed E-state index contributed by atoms with van der Waals surface area (Å²) in [6.07, 6.45) is 5.16. The average molecular weight is 667 g/mol. The number of benzene rings is 2. The van der Waals surface area contributed by atoms with Gasteiger partial charge in [0.1, 0.15) is 11.8 Å². The van der Waals surface area contributed by atoms with Crippen molar-refractivity contribution in [2.24, 2.45) is 13.0 Å². The molecule has 0 saturated heterocycles. The lowest BCUT2D eigenvalue weighted by atomic mass is 10.0. The second kappa shape index (κ2) is 13.4. The molecule has 1 fully saturated rings. The van der Waals surface area contributed by atoms with E-state index in [2.05, 4.69) is 14.4 Å². The van der Waals surface area contributed by atoms with E-state index in [-0.39, 0.29) is 44.2 Å². The molecule has 9 nitrogen and oxygen atoms in total. The molecule has 0 spiro atoms. The van der Waals surface area contributed by atoms with Crippen molar-refractivity contribution in [3.63, 3.8) is 0 Å². The van der Waals surface area contributed by atoms with Gasteiger partial charge in [-0.1, -0.05) is 47.5 Å². The highest BCUT2D eigenvalue weighted by molar-refractivity contribution is 7.92. The summed E-state index contributed by atoms with van der Waals surface area (Å²) < 4.78 is 72.1. The predicted molar refractivity (Wildman–Crippen MR) is 160 cm³/mol. The average Bonchev–Trinajstić information content (AvgIpc) is 3.74. The van der Waals surface area contributed by atoms with Crippen LogP contribution in [0, 0.1) is 5.92 Å². The molecule has 0 amide bonds. The summed E-state index contributed by atoms with van der Waals surface area (Å²) in [4.78, 5) is 17.5. The molecule has 2 heterocycles. The molecule has 1 saturated carbocycles. The van der Waals surface area contributed by atoms with Gasteiger partial charge in [-0.25, -0.2) is 13.2 Å². The van der Waals surface area contributed by atoms with Gasteiger partial charge in [0.05, 0.1) is 27.2 Å². The zero-order valence-electron chi connectivity index (χ0n) is 23.3. The Hall–Kier alpha value is -3.87. The molecule has 0 aliphatic heterocycles. The van der Waals surface area contributed by atoms with Gasteiger partial charge in [-0.15, -0.1) is 0 Å². The summed E-state index contributed by atoms with van der Waals surface area (Å²) in [7, 11) is -2.36. The number of aryl methyl sites for hydroxylation is 1. The Kier molecular flexibility index (Phi) is 9.62. The van der Waals surface area contributed by atoms with Gasteiger partial charge in [-0.3, -0.25) is 9.71 Å². The van der Waals surface area contributed by atoms with Crippen LogP contribution in [0.5, 0.6) is 11.5 Å². The van der Waals surface area contributed by atoms with Crippen LogP contribution >= 0.6 is 23.2 Å². The van der Waals surface area contributed by atoms with Crippen molar-refractivity contribution in [2.45, 2.75) is 36.9 Å². The Morgan fingerprint density at radius 3 is 2.43 bits per heavy atom. The third kappa shape index (κ3) is 7.79. The maximum absolute atomic E-state index is 13.5. The molecular weight excluding hydrogens is 639 g/mol. The van der Waals surface area contributed by atoms with E-state index in [1.807, 2.05) is 0 Å². The van der Waals surface area contributed by atoms with Crippen molar-refractivity contribution in [2.75, 3.05) is 11.3 Å². The molecule has 2 aromatic heterocycles. The standard InChI is InChI=1S/C30H27Cl2F2N3O6S/c1-37-16-20(36-44(39,40)21-5-3-2-4-6-21)12-25(37)29(38)42-27(13-22-23(31)14-35-15-24(22)32)19-9-10-26(43-30(33)34)28(11-19)41-17-18-7-8-18/h2-6,9-12,14-16,18,27,30,36H,7-8,13,17H2,1H3/t27-/m0/s1. The molecule has 44 heavy (non-hydrogen) atoms. The molecule has 2 aromatic carbocycles. The first kappa shape index (κ1) is 31.6. The van der Waals surface area contributed by atoms with Gasteiger partial charge in [0, 0.05) is 32.1 Å². The third-order valence-corrected chi connectivity index (χ3v) is 8.89. The van der Waals surface area contributed by atoms with Crippen molar-refractivity contribution in [3.05, 3.63) is 100 Å². The van der Waals surface area contributed by atoms with Crippen LogP contribution in [0.1, 0.15) is 40.6 Å². The van der Waals surface area contributed by atoms with Crippen LogP contribution in [-0.2, 0) is 28.2 Å². The molecule has 1 N–H and O–H groups in total. The van der Waals surface area contributed by atoms with Crippen molar-refractivity contribution in [1.82, 2.24) is 9.55 Å². The number of rotatable bonds is 13. The summed E-state index contributed by atoms with van der Waals surface area (Å²) >= 11 is 12.8. The first-order chi connectivity index (χ1) is 21.0. The zero-order chi connectivity index (χ0) is 31.4. The van der Waals surface area contributed by atoms with Gasteiger partial charge in [0.25, 0.3) is 10.0 Å². The number of pyridine rings is 1. The number of ether oxygens (including phenoxy) is 3. The number of carbonyl (C=O) groups excluding carboxylic acids is 1. The van der Waals surface area contributed by atoms with Crippen LogP contribution in [0.4, 0.5) is 14.5 Å². The minimum Gasteiger partial charge on any atom is -0.489 e. The summed E-state index contributed by atoms with van der Waals surface area (Å²) in [6, 6.07) is 13.4.